The highest BCUT2D eigenvalue weighted by atomic mass is 16.5. The van der Waals surface area contributed by atoms with Crippen LogP contribution in [0, 0.1) is 0 Å². The topological polar surface area (TPSA) is 55.0 Å². The van der Waals surface area contributed by atoms with Crippen LogP contribution in [0.5, 0.6) is 5.75 Å². The van der Waals surface area contributed by atoms with Gasteiger partial charge in [0.15, 0.2) is 5.78 Å². The number of nitrogens with one attached hydrogen (secondary N) is 1. The molecule has 0 unspecified atom stereocenters. The molecule has 2 heterocycles. The zero-order chi connectivity index (χ0) is 13.2. The molecule has 0 radical (unpaired) electrons. The predicted octanol–water partition coefficient (Wildman–Crippen LogP) is 2.80. The number of pyridine rings is 1. The Balaban J connectivity index is 2.03. The molecule has 0 bridgehead atoms. The molecule has 0 spiro atoms. The van der Waals surface area contributed by atoms with E-state index >= 15 is 0 Å². The lowest BCUT2D eigenvalue weighted by Gasteiger charge is -2.02. The average molecular weight is 252 g/mol. The zero-order valence-corrected chi connectivity index (χ0v) is 10.4. The lowest BCUT2D eigenvalue weighted by Crippen LogP contribution is -2.00. The summed E-state index contributed by atoms with van der Waals surface area (Å²) in [4.78, 5) is 19.6. The Kier molecular flexibility index (Phi) is 2.76. The van der Waals surface area contributed by atoms with Crippen molar-refractivity contribution in [1.82, 2.24) is 9.97 Å². The number of hydrogen-bond acceptors (Lipinski definition) is 3. The van der Waals surface area contributed by atoms with Crippen LogP contribution in [0.3, 0.4) is 0 Å². The number of aromatic nitrogens is 2. The number of carbonyl (C=O) groups excluding carboxylic acids is 1. The molecule has 0 aliphatic heterocycles. The first-order valence-electron chi connectivity index (χ1n) is 5.89. The number of carbonyl (C=O) groups is 1. The maximum Gasteiger partial charge on any atom is 0.195 e. The second-order valence-corrected chi connectivity index (χ2v) is 4.18. The Hall–Kier alpha value is -2.62. The molecule has 19 heavy (non-hydrogen) atoms. The van der Waals surface area contributed by atoms with Crippen LogP contribution in [0.25, 0.3) is 10.9 Å². The molecule has 2 aromatic heterocycles. The van der Waals surface area contributed by atoms with E-state index in [1.54, 1.807) is 50.0 Å². The summed E-state index contributed by atoms with van der Waals surface area (Å²) < 4.78 is 5.08. The van der Waals surface area contributed by atoms with Gasteiger partial charge in [0, 0.05) is 40.6 Å². The van der Waals surface area contributed by atoms with Gasteiger partial charge in [0.05, 0.1) is 7.11 Å². The van der Waals surface area contributed by atoms with Crippen molar-refractivity contribution in [2.45, 2.75) is 0 Å². The van der Waals surface area contributed by atoms with Crippen LogP contribution in [-0.4, -0.2) is 22.9 Å². The minimum Gasteiger partial charge on any atom is -0.497 e. The van der Waals surface area contributed by atoms with Crippen molar-refractivity contribution in [3.8, 4) is 5.75 Å². The number of nitrogens with zero attached hydrogens (tertiary/aromatic N) is 1. The van der Waals surface area contributed by atoms with Crippen LogP contribution in [0.15, 0.2) is 48.9 Å². The predicted molar refractivity (Wildman–Crippen MR) is 72.5 cm³/mol. The van der Waals surface area contributed by atoms with E-state index in [1.165, 1.54) is 0 Å². The maximum absolute atomic E-state index is 12.4. The Morgan fingerprint density at radius 2 is 2.00 bits per heavy atom. The van der Waals surface area contributed by atoms with E-state index in [2.05, 4.69) is 9.97 Å². The zero-order valence-electron chi connectivity index (χ0n) is 10.4. The molecule has 1 N–H and O–H groups in total. The fourth-order valence-electron chi connectivity index (χ4n) is 2.05. The number of aromatic amines is 1. The first kappa shape index (κ1) is 11.5. The van der Waals surface area contributed by atoms with E-state index in [0.717, 1.165) is 16.7 Å². The average Bonchev–Trinajstić information content (AvgIpc) is 2.90. The van der Waals surface area contributed by atoms with Gasteiger partial charge in [-0.05, 0) is 30.3 Å². The van der Waals surface area contributed by atoms with Crippen molar-refractivity contribution in [1.29, 1.82) is 0 Å². The Bertz CT molecular complexity index is 729. The van der Waals surface area contributed by atoms with E-state index < -0.39 is 0 Å². The fourth-order valence-corrected chi connectivity index (χ4v) is 2.05. The van der Waals surface area contributed by atoms with E-state index in [4.69, 9.17) is 4.74 Å². The molecular formula is C15H12N2O2. The first-order chi connectivity index (χ1) is 9.29. The van der Waals surface area contributed by atoms with Crippen LogP contribution in [0.4, 0.5) is 0 Å². The number of fused-ring (bicyclic) bond motifs is 1. The van der Waals surface area contributed by atoms with Crippen LogP contribution < -0.4 is 4.74 Å². The van der Waals surface area contributed by atoms with Gasteiger partial charge in [-0.15, -0.1) is 0 Å². The normalized spacial score (nSPS) is 10.6. The highest BCUT2D eigenvalue weighted by Gasteiger charge is 2.14. The molecule has 3 aromatic rings. The third kappa shape index (κ3) is 1.97. The summed E-state index contributed by atoms with van der Waals surface area (Å²) in [6, 6.07) is 8.92. The van der Waals surface area contributed by atoms with Gasteiger partial charge >= 0.3 is 0 Å². The van der Waals surface area contributed by atoms with Gasteiger partial charge < -0.3 is 9.72 Å². The summed E-state index contributed by atoms with van der Waals surface area (Å²) in [5, 5.41) is 0.836. The number of ketones is 1. The molecular weight excluding hydrogens is 240 g/mol. The van der Waals surface area contributed by atoms with E-state index in [1.807, 2.05) is 6.07 Å². The molecule has 0 saturated carbocycles. The van der Waals surface area contributed by atoms with E-state index in [-0.39, 0.29) is 5.78 Å². The standard InChI is InChI=1S/C15H12N2O2/c1-19-11-4-2-10(3-5-11)15(18)13-9-17-14-6-7-16-8-12(13)14/h2-9,17H,1H3. The van der Waals surface area contributed by atoms with Gasteiger partial charge in [-0.1, -0.05) is 0 Å². The molecule has 94 valence electrons. The molecule has 0 saturated heterocycles. The molecule has 0 amide bonds. The van der Waals surface area contributed by atoms with Gasteiger partial charge in [0.2, 0.25) is 0 Å². The van der Waals surface area contributed by atoms with E-state index in [0.29, 0.717) is 11.1 Å². The number of rotatable bonds is 3. The molecule has 4 nitrogen and oxygen atoms in total. The Labute approximate surface area is 110 Å². The SMILES string of the molecule is COc1ccc(C(=O)c2c[nH]c3ccncc23)cc1. The van der Waals surface area contributed by atoms with Gasteiger partial charge in [0.25, 0.3) is 0 Å². The maximum atomic E-state index is 12.4. The van der Waals surface area contributed by atoms with Crippen LogP contribution in [0.2, 0.25) is 0 Å². The fraction of sp³-hybridized carbons (Fsp3) is 0.0667. The number of benzene rings is 1. The second-order valence-electron chi connectivity index (χ2n) is 4.18. The lowest BCUT2D eigenvalue weighted by molar-refractivity contribution is 0.104. The van der Waals surface area contributed by atoms with Gasteiger partial charge in [-0.2, -0.15) is 0 Å². The molecule has 1 aromatic carbocycles. The van der Waals surface area contributed by atoms with E-state index in [9.17, 15) is 4.79 Å². The quantitative estimate of drug-likeness (QED) is 0.729. The van der Waals surface area contributed by atoms with Crippen molar-refractivity contribution >= 4 is 16.7 Å². The smallest absolute Gasteiger partial charge is 0.195 e. The second kappa shape index (κ2) is 4.57. The minimum atomic E-state index is -0.0260. The third-order valence-electron chi connectivity index (χ3n) is 3.08. The Morgan fingerprint density at radius 3 is 2.74 bits per heavy atom. The molecule has 4 heteroatoms. The van der Waals surface area contributed by atoms with Crippen molar-refractivity contribution in [3.05, 3.63) is 60.0 Å². The number of methoxy groups -OCH3 is 1. The van der Waals surface area contributed by atoms with Crippen molar-refractivity contribution in [2.75, 3.05) is 7.11 Å². The first-order valence-corrected chi connectivity index (χ1v) is 5.89. The highest BCUT2D eigenvalue weighted by Crippen LogP contribution is 2.21. The molecule has 0 atom stereocenters. The molecule has 0 fully saturated rings. The summed E-state index contributed by atoms with van der Waals surface area (Å²) in [6.07, 6.45) is 5.11. The number of H-pyrrole nitrogens is 1. The molecule has 0 aliphatic rings. The van der Waals surface area contributed by atoms with Crippen LogP contribution in [-0.2, 0) is 0 Å². The highest BCUT2D eigenvalue weighted by molar-refractivity contribution is 6.16. The van der Waals surface area contributed by atoms with Crippen LogP contribution >= 0.6 is 0 Å². The van der Waals surface area contributed by atoms with Crippen molar-refractivity contribution in [3.63, 3.8) is 0 Å². The molecule has 3 rings (SSSR count). The van der Waals surface area contributed by atoms with Crippen molar-refractivity contribution in [2.24, 2.45) is 0 Å². The van der Waals surface area contributed by atoms with Gasteiger partial charge in [0.1, 0.15) is 5.75 Å². The Morgan fingerprint density at radius 1 is 1.21 bits per heavy atom. The number of ether oxygens (including phenoxy) is 1. The van der Waals surface area contributed by atoms with Crippen molar-refractivity contribution < 1.29 is 9.53 Å². The molecule has 0 aliphatic carbocycles. The third-order valence-corrected chi connectivity index (χ3v) is 3.08. The lowest BCUT2D eigenvalue weighted by atomic mass is 10.0. The summed E-state index contributed by atoms with van der Waals surface area (Å²) in [6.45, 7) is 0. The number of hydrogen-bond donors (Lipinski definition) is 1. The largest absolute Gasteiger partial charge is 0.497 e. The minimum absolute atomic E-state index is 0.0260. The van der Waals surface area contributed by atoms with Gasteiger partial charge in [-0.3, -0.25) is 9.78 Å². The van der Waals surface area contributed by atoms with Gasteiger partial charge in [-0.25, -0.2) is 0 Å². The summed E-state index contributed by atoms with van der Waals surface area (Å²) in [7, 11) is 1.60. The van der Waals surface area contributed by atoms with Crippen LogP contribution in [0.1, 0.15) is 15.9 Å². The summed E-state index contributed by atoms with van der Waals surface area (Å²) in [5.41, 5.74) is 2.17. The summed E-state index contributed by atoms with van der Waals surface area (Å²) >= 11 is 0. The summed E-state index contributed by atoms with van der Waals surface area (Å²) in [5.74, 6) is 0.707. The monoisotopic (exact) mass is 252 g/mol.